The van der Waals surface area contributed by atoms with E-state index < -0.39 is 6.23 Å². The Kier molecular flexibility index (Phi) is 4.05. The molecule has 2 aliphatic rings. The largest absolute Gasteiger partial charge is 0.464 e. The van der Waals surface area contributed by atoms with E-state index in [0.717, 1.165) is 16.8 Å². The zero-order valence-electron chi connectivity index (χ0n) is 14.6. The highest BCUT2D eigenvalue weighted by Gasteiger charge is 2.41. The first-order valence-electron chi connectivity index (χ1n) is 8.92. The van der Waals surface area contributed by atoms with Crippen LogP contribution >= 0.6 is 11.6 Å². The minimum atomic E-state index is -0.563. The van der Waals surface area contributed by atoms with Crippen LogP contribution in [0.3, 0.4) is 0 Å². The lowest BCUT2D eigenvalue weighted by Gasteiger charge is -2.38. The highest BCUT2D eigenvalue weighted by molar-refractivity contribution is 6.30. The van der Waals surface area contributed by atoms with Crippen molar-refractivity contribution in [2.45, 2.75) is 18.7 Å². The van der Waals surface area contributed by atoms with Crippen molar-refractivity contribution < 1.29 is 13.5 Å². The standard InChI is InChI=1S/C22H15ClF2N2O/c23-15-6-9-21-18(11-15)20-12-19(13-4-7-16(24)8-5-13)26-27(20)22(28-21)14-2-1-3-17(25)10-14/h1-11,20,22H,12H2/t20-,22+/m0/s1. The molecule has 5 rings (SSSR count). The lowest BCUT2D eigenvalue weighted by atomic mass is 9.96. The number of ether oxygens (including phenoxy) is 1. The highest BCUT2D eigenvalue weighted by Crippen LogP contribution is 2.48. The molecule has 140 valence electrons. The monoisotopic (exact) mass is 396 g/mol. The first-order valence-corrected chi connectivity index (χ1v) is 9.29. The quantitative estimate of drug-likeness (QED) is 0.542. The maximum absolute atomic E-state index is 13.8. The summed E-state index contributed by atoms with van der Waals surface area (Å²) < 4.78 is 33.3. The average molecular weight is 397 g/mol. The number of halogens is 3. The molecule has 0 unspecified atom stereocenters. The van der Waals surface area contributed by atoms with E-state index in [-0.39, 0.29) is 17.7 Å². The average Bonchev–Trinajstić information content (AvgIpc) is 3.14. The number of benzene rings is 3. The Hall–Kier alpha value is -2.92. The third-order valence-electron chi connectivity index (χ3n) is 5.06. The number of hydrogen-bond donors (Lipinski definition) is 0. The van der Waals surface area contributed by atoms with Crippen molar-refractivity contribution in [3.05, 3.63) is 100 Å². The molecule has 0 radical (unpaired) electrons. The zero-order valence-corrected chi connectivity index (χ0v) is 15.4. The van der Waals surface area contributed by atoms with Gasteiger partial charge in [0.25, 0.3) is 0 Å². The summed E-state index contributed by atoms with van der Waals surface area (Å²) in [7, 11) is 0. The van der Waals surface area contributed by atoms with E-state index in [1.807, 2.05) is 23.2 Å². The summed E-state index contributed by atoms with van der Waals surface area (Å²) in [5, 5.41) is 7.22. The SMILES string of the molecule is Fc1ccc(C2=NN3[C@@H](c4cccc(F)c4)Oc4ccc(Cl)cc4[C@@H]3C2)cc1. The Morgan fingerprint density at radius 1 is 0.964 bits per heavy atom. The predicted octanol–water partition coefficient (Wildman–Crippen LogP) is 5.86. The van der Waals surface area contributed by atoms with Crippen molar-refractivity contribution in [2.75, 3.05) is 0 Å². The third kappa shape index (κ3) is 2.92. The second-order valence-electron chi connectivity index (χ2n) is 6.86. The van der Waals surface area contributed by atoms with Crippen LogP contribution in [0.25, 0.3) is 0 Å². The molecular formula is C22H15ClF2N2O. The molecule has 0 bridgehead atoms. The first kappa shape index (κ1) is 17.2. The van der Waals surface area contributed by atoms with Crippen molar-refractivity contribution in [2.24, 2.45) is 5.10 Å². The molecule has 3 nitrogen and oxygen atoms in total. The van der Waals surface area contributed by atoms with Gasteiger partial charge in [0.05, 0.1) is 11.8 Å². The summed E-state index contributed by atoms with van der Waals surface area (Å²) in [6, 6.07) is 18.0. The molecule has 2 atom stereocenters. The molecule has 0 saturated heterocycles. The lowest BCUT2D eigenvalue weighted by molar-refractivity contribution is -0.0192. The molecule has 28 heavy (non-hydrogen) atoms. The number of hydrazone groups is 1. The maximum atomic E-state index is 13.8. The van der Waals surface area contributed by atoms with Crippen molar-refractivity contribution >= 4 is 17.3 Å². The van der Waals surface area contributed by atoms with E-state index in [2.05, 4.69) is 0 Å². The second kappa shape index (κ2) is 6.60. The third-order valence-corrected chi connectivity index (χ3v) is 5.30. The van der Waals surface area contributed by atoms with E-state index in [9.17, 15) is 8.78 Å². The fraction of sp³-hybridized carbons (Fsp3) is 0.136. The number of hydrogen-bond acceptors (Lipinski definition) is 3. The van der Waals surface area contributed by atoms with Crippen LogP contribution in [0.1, 0.15) is 35.4 Å². The Balaban J connectivity index is 1.61. The molecule has 0 N–H and O–H groups in total. The second-order valence-corrected chi connectivity index (χ2v) is 7.30. The number of nitrogens with zero attached hydrogens (tertiary/aromatic N) is 2. The van der Waals surface area contributed by atoms with Crippen molar-refractivity contribution in [3.63, 3.8) is 0 Å². The number of rotatable bonds is 2. The molecule has 3 aromatic rings. The zero-order chi connectivity index (χ0) is 19.3. The molecule has 6 heteroatoms. The summed E-state index contributed by atoms with van der Waals surface area (Å²) >= 11 is 6.21. The fourth-order valence-corrected chi connectivity index (χ4v) is 3.94. The van der Waals surface area contributed by atoms with Gasteiger partial charge in [0.2, 0.25) is 6.23 Å². The van der Waals surface area contributed by atoms with Crippen molar-refractivity contribution in [1.82, 2.24) is 5.01 Å². The van der Waals surface area contributed by atoms with Gasteiger partial charge in [-0.3, -0.25) is 0 Å². The van der Waals surface area contributed by atoms with Gasteiger partial charge in [0.15, 0.2) is 0 Å². The normalized spacial score (nSPS) is 20.2. The summed E-state index contributed by atoms with van der Waals surface area (Å²) in [5.41, 5.74) is 3.27. The molecule has 0 saturated carbocycles. The first-order chi connectivity index (χ1) is 13.6. The van der Waals surface area contributed by atoms with Crippen molar-refractivity contribution in [3.8, 4) is 5.75 Å². The topological polar surface area (TPSA) is 24.8 Å². The molecule has 2 heterocycles. The van der Waals surface area contributed by atoms with Gasteiger partial charge in [-0.25, -0.2) is 13.8 Å². The van der Waals surface area contributed by atoms with Gasteiger partial charge in [-0.05, 0) is 48.0 Å². The van der Waals surface area contributed by atoms with Crippen LogP contribution in [0, 0.1) is 11.6 Å². The summed E-state index contributed by atoms with van der Waals surface area (Å²) in [4.78, 5) is 0. The molecule has 0 aromatic heterocycles. The van der Waals surface area contributed by atoms with Gasteiger partial charge in [0.1, 0.15) is 17.4 Å². The molecule has 0 spiro atoms. The maximum Gasteiger partial charge on any atom is 0.213 e. The molecule has 3 aromatic carbocycles. The van der Waals surface area contributed by atoms with Crippen LogP contribution in [0.2, 0.25) is 5.02 Å². The smallest absolute Gasteiger partial charge is 0.213 e. The van der Waals surface area contributed by atoms with Gasteiger partial charge < -0.3 is 4.74 Å². The van der Waals surface area contributed by atoms with Crippen LogP contribution in [-0.2, 0) is 0 Å². The molecule has 2 aliphatic heterocycles. The van der Waals surface area contributed by atoms with E-state index in [0.29, 0.717) is 22.8 Å². The molecule has 0 aliphatic carbocycles. The minimum Gasteiger partial charge on any atom is -0.464 e. The van der Waals surface area contributed by atoms with Crippen LogP contribution in [-0.4, -0.2) is 10.7 Å². The fourth-order valence-electron chi connectivity index (χ4n) is 3.76. The van der Waals surface area contributed by atoms with E-state index in [4.69, 9.17) is 21.4 Å². The molecular weight excluding hydrogens is 382 g/mol. The van der Waals surface area contributed by atoms with Crippen LogP contribution in [0.4, 0.5) is 8.78 Å². The predicted molar refractivity (Wildman–Crippen MR) is 103 cm³/mol. The van der Waals surface area contributed by atoms with Gasteiger partial charge in [-0.2, -0.15) is 5.10 Å². The summed E-state index contributed by atoms with van der Waals surface area (Å²) in [6.07, 6.45) is 0.0565. The Morgan fingerprint density at radius 3 is 2.57 bits per heavy atom. The van der Waals surface area contributed by atoms with Crippen LogP contribution in [0.15, 0.2) is 71.8 Å². The lowest BCUT2D eigenvalue weighted by Crippen LogP contribution is -2.33. The minimum absolute atomic E-state index is 0.101. The summed E-state index contributed by atoms with van der Waals surface area (Å²) in [5.74, 6) is 0.0788. The van der Waals surface area contributed by atoms with Crippen LogP contribution < -0.4 is 4.74 Å². The Labute approximate surface area is 165 Å². The highest BCUT2D eigenvalue weighted by atomic mass is 35.5. The van der Waals surface area contributed by atoms with E-state index >= 15 is 0 Å². The molecule has 0 amide bonds. The Morgan fingerprint density at radius 2 is 1.79 bits per heavy atom. The van der Waals surface area contributed by atoms with Gasteiger partial charge in [-0.15, -0.1) is 0 Å². The van der Waals surface area contributed by atoms with Crippen LogP contribution in [0.5, 0.6) is 5.75 Å². The van der Waals surface area contributed by atoms with E-state index in [1.54, 1.807) is 24.3 Å². The van der Waals surface area contributed by atoms with Gasteiger partial charge in [-0.1, -0.05) is 35.9 Å². The number of fused-ring (bicyclic) bond motifs is 3. The van der Waals surface area contributed by atoms with Gasteiger partial charge >= 0.3 is 0 Å². The van der Waals surface area contributed by atoms with E-state index in [1.165, 1.54) is 24.3 Å². The Bertz CT molecular complexity index is 1080. The molecule has 0 fully saturated rings. The van der Waals surface area contributed by atoms with Crippen molar-refractivity contribution in [1.29, 1.82) is 0 Å². The summed E-state index contributed by atoms with van der Waals surface area (Å²) in [6.45, 7) is 0. The van der Waals surface area contributed by atoms with Gasteiger partial charge in [0, 0.05) is 22.6 Å².